The molecule has 0 bridgehead atoms. The van der Waals surface area contributed by atoms with Crippen LogP contribution in [0.4, 0.5) is 5.69 Å². The molecule has 3 N–H and O–H groups in total. The summed E-state index contributed by atoms with van der Waals surface area (Å²) < 4.78 is 1.75. The van der Waals surface area contributed by atoms with Gasteiger partial charge in [0.15, 0.2) is 5.82 Å². The van der Waals surface area contributed by atoms with Crippen LogP contribution in [0.25, 0.3) is 5.82 Å². The maximum Gasteiger partial charge on any atom is 0.274 e. The number of hydrogen-bond acceptors (Lipinski definition) is 5. The summed E-state index contributed by atoms with van der Waals surface area (Å²) in [4.78, 5) is 30.1. The molecule has 0 atom stereocenters. The molecule has 1 aromatic carbocycles. The van der Waals surface area contributed by atoms with Crippen LogP contribution in [0.3, 0.4) is 0 Å². The number of carbonyl (C=O) groups is 2. The summed E-state index contributed by atoms with van der Waals surface area (Å²) >= 11 is 15.7. The Morgan fingerprint density at radius 1 is 1.16 bits per heavy atom. The van der Waals surface area contributed by atoms with Gasteiger partial charge in [-0.1, -0.05) is 23.2 Å². The van der Waals surface area contributed by atoms with Crippen LogP contribution < -0.4 is 16.2 Å². The fourth-order valence-corrected chi connectivity index (χ4v) is 3.60. The highest BCUT2D eigenvalue weighted by Crippen LogP contribution is 2.27. The fraction of sp³-hybridized carbons (Fsp3) is 0.200. The SMILES string of the molecule is Cc1cc(Cl)cc(C(=O)NNC(C)C)c1NC(=O)c1cc(Br)nn1-c1ncccc1Cl. The summed E-state index contributed by atoms with van der Waals surface area (Å²) in [5, 5.41) is 7.76. The standard InChI is InChI=1S/C20H19BrCl2N6O2/c1-10(2)26-27-19(30)13-8-12(22)7-11(3)17(13)25-20(31)15-9-16(21)28-29(15)18-14(23)5-4-6-24-18/h4-10,26H,1-3H3,(H,25,31)(H,27,30). The van der Waals surface area contributed by atoms with E-state index in [-0.39, 0.29) is 17.3 Å². The molecule has 0 radical (unpaired) electrons. The Morgan fingerprint density at radius 2 is 1.90 bits per heavy atom. The zero-order chi connectivity index (χ0) is 22.7. The summed E-state index contributed by atoms with van der Waals surface area (Å²) in [7, 11) is 0. The van der Waals surface area contributed by atoms with Crippen LogP contribution in [0.1, 0.15) is 40.3 Å². The Kier molecular flexibility index (Phi) is 7.32. The fourth-order valence-electron chi connectivity index (χ4n) is 2.75. The number of rotatable bonds is 6. The normalized spacial score (nSPS) is 10.9. The molecule has 162 valence electrons. The molecule has 11 heteroatoms. The molecule has 0 saturated heterocycles. The lowest BCUT2D eigenvalue weighted by atomic mass is 10.1. The van der Waals surface area contributed by atoms with E-state index in [9.17, 15) is 9.59 Å². The van der Waals surface area contributed by atoms with Crippen molar-refractivity contribution in [2.45, 2.75) is 26.8 Å². The number of nitrogens with zero attached hydrogens (tertiary/aromatic N) is 3. The average Bonchev–Trinajstić information content (AvgIpc) is 3.09. The predicted octanol–water partition coefficient (Wildman–Crippen LogP) is 4.54. The molecular formula is C20H19BrCl2N6O2. The number of hydrazine groups is 1. The van der Waals surface area contributed by atoms with Gasteiger partial charge in [-0.05, 0) is 66.5 Å². The summed E-state index contributed by atoms with van der Waals surface area (Å²) in [5.74, 6) is -0.639. The molecule has 0 saturated carbocycles. The lowest BCUT2D eigenvalue weighted by Gasteiger charge is -2.16. The van der Waals surface area contributed by atoms with Gasteiger partial charge in [-0.25, -0.2) is 15.1 Å². The van der Waals surface area contributed by atoms with Crippen molar-refractivity contribution in [1.82, 2.24) is 25.6 Å². The Labute approximate surface area is 197 Å². The molecule has 0 aliphatic rings. The van der Waals surface area contributed by atoms with Crippen LogP contribution in [-0.2, 0) is 0 Å². The van der Waals surface area contributed by atoms with Gasteiger partial charge < -0.3 is 5.32 Å². The Hall–Kier alpha value is -2.46. The van der Waals surface area contributed by atoms with E-state index in [1.54, 1.807) is 31.3 Å². The van der Waals surface area contributed by atoms with Gasteiger partial charge in [-0.2, -0.15) is 5.10 Å². The van der Waals surface area contributed by atoms with E-state index in [1.807, 2.05) is 13.8 Å². The van der Waals surface area contributed by atoms with Crippen molar-refractivity contribution in [2.24, 2.45) is 0 Å². The minimum atomic E-state index is -0.504. The van der Waals surface area contributed by atoms with Crippen LogP contribution in [0, 0.1) is 6.92 Å². The number of benzene rings is 1. The summed E-state index contributed by atoms with van der Waals surface area (Å²) in [5.41, 5.74) is 6.78. The molecule has 2 heterocycles. The Bertz CT molecular complexity index is 1150. The predicted molar refractivity (Wildman–Crippen MR) is 124 cm³/mol. The number of anilines is 1. The van der Waals surface area contributed by atoms with E-state index in [0.29, 0.717) is 31.7 Å². The molecular weight excluding hydrogens is 507 g/mol. The minimum absolute atomic E-state index is 0.0251. The third kappa shape index (κ3) is 5.43. The second-order valence-electron chi connectivity index (χ2n) is 6.93. The number of pyridine rings is 1. The molecule has 0 aliphatic carbocycles. The summed E-state index contributed by atoms with van der Waals surface area (Å²) in [6, 6.07) is 8.03. The monoisotopic (exact) mass is 524 g/mol. The first kappa shape index (κ1) is 23.2. The van der Waals surface area contributed by atoms with E-state index in [0.717, 1.165) is 0 Å². The van der Waals surface area contributed by atoms with E-state index in [4.69, 9.17) is 23.2 Å². The number of halogens is 3. The quantitative estimate of drug-likeness (QED) is 0.410. The molecule has 3 rings (SSSR count). The largest absolute Gasteiger partial charge is 0.320 e. The van der Waals surface area contributed by atoms with Crippen LogP contribution in [0.5, 0.6) is 0 Å². The van der Waals surface area contributed by atoms with Gasteiger partial charge in [-0.3, -0.25) is 15.0 Å². The topological polar surface area (TPSA) is 101 Å². The van der Waals surface area contributed by atoms with Gasteiger partial charge in [0.25, 0.3) is 11.8 Å². The minimum Gasteiger partial charge on any atom is -0.320 e. The highest BCUT2D eigenvalue weighted by molar-refractivity contribution is 9.10. The smallest absolute Gasteiger partial charge is 0.274 e. The number of aryl methyl sites for hydroxylation is 1. The van der Waals surface area contributed by atoms with Crippen molar-refractivity contribution in [2.75, 3.05) is 5.32 Å². The van der Waals surface area contributed by atoms with E-state index >= 15 is 0 Å². The molecule has 3 aromatic rings. The van der Waals surface area contributed by atoms with Gasteiger partial charge in [-0.15, -0.1) is 0 Å². The molecule has 0 unspecified atom stereocenters. The van der Waals surface area contributed by atoms with Crippen molar-refractivity contribution in [3.8, 4) is 5.82 Å². The summed E-state index contributed by atoms with van der Waals surface area (Å²) in [6.07, 6.45) is 1.55. The molecule has 0 fully saturated rings. The third-order valence-corrected chi connectivity index (χ3v) is 5.01. The molecule has 8 nitrogen and oxygen atoms in total. The van der Waals surface area contributed by atoms with Gasteiger partial charge in [0.1, 0.15) is 10.3 Å². The Balaban J connectivity index is 1.98. The molecule has 2 aromatic heterocycles. The first-order valence-electron chi connectivity index (χ1n) is 9.21. The number of amides is 2. The first-order chi connectivity index (χ1) is 14.7. The lowest BCUT2D eigenvalue weighted by Crippen LogP contribution is -2.42. The molecule has 0 aliphatic heterocycles. The van der Waals surface area contributed by atoms with Crippen molar-refractivity contribution < 1.29 is 9.59 Å². The van der Waals surface area contributed by atoms with E-state index in [1.165, 1.54) is 16.8 Å². The van der Waals surface area contributed by atoms with Gasteiger partial charge in [0.05, 0.1) is 16.3 Å². The van der Waals surface area contributed by atoms with E-state index < -0.39 is 11.8 Å². The Morgan fingerprint density at radius 3 is 2.58 bits per heavy atom. The van der Waals surface area contributed by atoms with Gasteiger partial charge in [0, 0.05) is 23.3 Å². The molecule has 0 spiro atoms. The number of aromatic nitrogens is 3. The number of nitrogens with one attached hydrogen (secondary N) is 3. The second-order valence-corrected chi connectivity index (χ2v) is 8.58. The first-order valence-corrected chi connectivity index (χ1v) is 10.8. The van der Waals surface area contributed by atoms with Crippen LogP contribution >= 0.6 is 39.1 Å². The zero-order valence-corrected chi connectivity index (χ0v) is 19.9. The highest BCUT2D eigenvalue weighted by Gasteiger charge is 2.22. The zero-order valence-electron chi connectivity index (χ0n) is 16.8. The van der Waals surface area contributed by atoms with Crippen LogP contribution in [0.2, 0.25) is 10.0 Å². The lowest BCUT2D eigenvalue weighted by molar-refractivity contribution is 0.0928. The van der Waals surface area contributed by atoms with Gasteiger partial charge >= 0.3 is 0 Å². The van der Waals surface area contributed by atoms with Crippen molar-refractivity contribution >= 4 is 56.6 Å². The van der Waals surface area contributed by atoms with Crippen molar-refractivity contribution in [3.05, 3.63) is 68.0 Å². The van der Waals surface area contributed by atoms with E-state index in [2.05, 4.69) is 42.2 Å². The van der Waals surface area contributed by atoms with Crippen LogP contribution in [-0.4, -0.2) is 32.6 Å². The number of hydrogen-bond donors (Lipinski definition) is 3. The maximum absolute atomic E-state index is 13.2. The average molecular weight is 526 g/mol. The van der Waals surface area contributed by atoms with Crippen molar-refractivity contribution in [1.29, 1.82) is 0 Å². The van der Waals surface area contributed by atoms with Crippen molar-refractivity contribution in [3.63, 3.8) is 0 Å². The third-order valence-electron chi connectivity index (χ3n) is 4.11. The van der Waals surface area contributed by atoms with Gasteiger partial charge in [0.2, 0.25) is 0 Å². The molecule has 2 amide bonds. The number of carbonyl (C=O) groups excluding carboxylic acids is 2. The second kappa shape index (κ2) is 9.78. The maximum atomic E-state index is 13.2. The van der Waals surface area contributed by atoms with Crippen LogP contribution in [0.15, 0.2) is 41.1 Å². The summed E-state index contributed by atoms with van der Waals surface area (Å²) in [6.45, 7) is 5.51. The molecule has 31 heavy (non-hydrogen) atoms. The highest BCUT2D eigenvalue weighted by atomic mass is 79.9.